The van der Waals surface area contributed by atoms with Crippen molar-refractivity contribution in [2.75, 3.05) is 17.1 Å². The molecule has 1 N–H and O–H groups in total. The van der Waals surface area contributed by atoms with Gasteiger partial charge in [-0.05, 0) is 55.5 Å². The first-order chi connectivity index (χ1) is 13.2. The molecule has 0 aromatic heterocycles. The van der Waals surface area contributed by atoms with Gasteiger partial charge in [0.1, 0.15) is 6.04 Å². The second-order valence-electron chi connectivity index (χ2n) is 6.81. The van der Waals surface area contributed by atoms with Crippen molar-refractivity contribution in [2.24, 2.45) is 0 Å². The van der Waals surface area contributed by atoms with Crippen LogP contribution in [0.5, 0.6) is 0 Å². The van der Waals surface area contributed by atoms with E-state index in [1.54, 1.807) is 18.2 Å². The minimum atomic E-state index is -3.62. The number of amides is 1. The lowest BCUT2D eigenvalue weighted by Gasteiger charge is -2.30. The van der Waals surface area contributed by atoms with Crippen LogP contribution in [0, 0.1) is 6.92 Å². The molecule has 2 aromatic rings. The largest absolute Gasteiger partial charge is 0.354 e. The second-order valence-corrected chi connectivity index (χ2v) is 9.07. The van der Waals surface area contributed by atoms with Gasteiger partial charge in [-0.3, -0.25) is 9.10 Å². The Kier molecular flexibility index (Phi) is 7.89. The van der Waals surface area contributed by atoms with Crippen LogP contribution >= 0.6 is 11.6 Å². The molecule has 1 atom stereocenters. The number of anilines is 1. The standard InChI is InChI=1S/C21H27ClN2O3S/c1-4-20(24(28(3,26)27)18-12-7-9-16(2)15-18)21(25)23-14-8-11-17-10-5-6-13-19(17)22/h5-7,9-10,12-13,15,20H,4,8,11,14H2,1-3H3,(H,23,25)/t20-/m0/s1. The highest BCUT2D eigenvalue weighted by atomic mass is 35.5. The molecule has 0 unspecified atom stereocenters. The molecule has 0 radical (unpaired) electrons. The van der Waals surface area contributed by atoms with Gasteiger partial charge in [0.25, 0.3) is 0 Å². The van der Waals surface area contributed by atoms with Crippen molar-refractivity contribution in [3.05, 3.63) is 64.7 Å². The Morgan fingerprint density at radius 3 is 2.50 bits per heavy atom. The van der Waals surface area contributed by atoms with Gasteiger partial charge in [0, 0.05) is 11.6 Å². The molecule has 0 saturated heterocycles. The number of carbonyl (C=O) groups is 1. The zero-order valence-corrected chi connectivity index (χ0v) is 18.1. The number of nitrogens with one attached hydrogen (secondary N) is 1. The van der Waals surface area contributed by atoms with E-state index in [-0.39, 0.29) is 5.91 Å². The Labute approximate surface area is 172 Å². The first kappa shape index (κ1) is 22.2. The molecule has 2 aromatic carbocycles. The first-order valence-electron chi connectivity index (χ1n) is 9.31. The quantitative estimate of drug-likeness (QED) is 0.622. The minimum absolute atomic E-state index is 0.298. The van der Waals surface area contributed by atoms with Crippen LogP contribution in [-0.2, 0) is 21.2 Å². The third-order valence-corrected chi connectivity index (χ3v) is 6.01. The molecule has 28 heavy (non-hydrogen) atoms. The summed E-state index contributed by atoms with van der Waals surface area (Å²) in [5, 5.41) is 3.58. The van der Waals surface area contributed by atoms with E-state index in [1.807, 2.05) is 44.2 Å². The summed E-state index contributed by atoms with van der Waals surface area (Å²) in [5.41, 5.74) is 2.46. The number of hydrogen-bond donors (Lipinski definition) is 1. The van der Waals surface area contributed by atoms with Crippen molar-refractivity contribution >= 4 is 33.2 Å². The predicted molar refractivity (Wildman–Crippen MR) is 115 cm³/mol. The van der Waals surface area contributed by atoms with Crippen molar-refractivity contribution in [1.82, 2.24) is 5.32 Å². The fraction of sp³-hybridized carbons (Fsp3) is 0.381. The fourth-order valence-corrected chi connectivity index (χ4v) is 4.57. The summed E-state index contributed by atoms with van der Waals surface area (Å²) >= 11 is 6.15. The predicted octanol–water partition coefficient (Wildman–Crippen LogP) is 3.94. The average molecular weight is 423 g/mol. The summed E-state index contributed by atoms with van der Waals surface area (Å²) < 4.78 is 26.1. The maximum Gasteiger partial charge on any atom is 0.243 e. The maximum absolute atomic E-state index is 12.8. The molecule has 5 nitrogen and oxygen atoms in total. The van der Waals surface area contributed by atoms with Crippen molar-refractivity contribution in [2.45, 2.75) is 39.2 Å². The molecule has 0 heterocycles. The number of hydrogen-bond acceptors (Lipinski definition) is 3. The lowest BCUT2D eigenvalue weighted by atomic mass is 10.1. The Morgan fingerprint density at radius 1 is 1.18 bits per heavy atom. The third-order valence-electron chi connectivity index (χ3n) is 4.47. The van der Waals surface area contributed by atoms with E-state index in [2.05, 4.69) is 5.32 Å². The zero-order chi connectivity index (χ0) is 20.7. The van der Waals surface area contributed by atoms with Crippen LogP contribution in [0.15, 0.2) is 48.5 Å². The molecule has 0 saturated carbocycles. The number of carbonyl (C=O) groups excluding carboxylic acids is 1. The van der Waals surface area contributed by atoms with E-state index in [0.717, 1.165) is 30.2 Å². The van der Waals surface area contributed by atoms with Crippen molar-refractivity contribution < 1.29 is 13.2 Å². The number of aryl methyl sites for hydroxylation is 2. The molecule has 0 aliphatic heterocycles. The number of benzene rings is 2. The molecular formula is C21H27ClN2O3S. The van der Waals surface area contributed by atoms with Crippen LogP contribution in [0.25, 0.3) is 0 Å². The van der Waals surface area contributed by atoms with Crippen LogP contribution in [0.3, 0.4) is 0 Å². The van der Waals surface area contributed by atoms with Crippen LogP contribution in [0.2, 0.25) is 5.02 Å². The van der Waals surface area contributed by atoms with Gasteiger partial charge < -0.3 is 5.32 Å². The van der Waals surface area contributed by atoms with Gasteiger partial charge >= 0.3 is 0 Å². The van der Waals surface area contributed by atoms with E-state index in [0.29, 0.717) is 23.7 Å². The number of nitrogens with zero attached hydrogens (tertiary/aromatic N) is 1. The highest BCUT2D eigenvalue weighted by Gasteiger charge is 2.31. The normalized spacial score (nSPS) is 12.4. The Hall–Kier alpha value is -2.05. The average Bonchev–Trinajstić information content (AvgIpc) is 2.63. The summed E-state index contributed by atoms with van der Waals surface area (Å²) in [7, 11) is -3.62. The highest BCUT2D eigenvalue weighted by Crippen LogP contribution is 2.23. The van der Waals surface area contributed by atoms with Gasteiger partial charge in [0.05, 0.1) is 11.9 Å². The fourth-order valence-electron chi connectivity index (χ4n) is 3.13. The number of halogens is 1. The number of sulfonamides is 1. The monoisotopic (exact) mass is 422 g/mol. The Bertz CT molecular complexity index is 915. The van der Waals surface area contributed by atoms with E-state index in [4.69, 9.17) is 11.6 Å². The summed E-state index contributed by atoms with van der Waals surface area (Å²) in [6.07, 6.45) is 2.96. The summed E-state index contributed by atoms with van der Waals surface area (Å²) in [5.74, 6) is -0.298. The van der Waals surface area contributed by atoms with Crippen molar-refractivity contribution in [3.8, 4) is 0 Å². The maximum atomic E-state index is 12.8. The van der Waals surface area contributed by atoms with Gasteiger partial charge in [-0.2, -0.15) is 0 Å². The van der Waals surface area contributed by atoms with Crippen LogP contribution < -0.4 is 9.62 Å². The van der Waals surface area contributed by atoms with Gasteiger partial charge in [0.15, 0.2) is 0 Å². The van der Waals surface area contributed by atoms with Crippen LogP contribution in [-0.4, -0.2) is 33.2 Å². The molecule has 0 bridgehead atoms. The molecule has 1 amide bonds. The minimum Gasteiger partial charge on any atom is -0.354 e. The molecule has 0 spiro atoms. The molecule has 2 rings (SSSR count). The SMILES string of the molecule is CC[C@@H](C(=O)NCCCc1ccccc1Cl)N(c1cccc(C)c1)S(C)(=O)=O. The number of rotatable bonds is 9. The highest BCUT2D eigenvalue weighted by molar-refractivity contribution is 7.92. The molecule has 7 heteroatoms. The molecule has 0 aliphatic carbocycles. The van der Waals surface area contributed by atoms with Gasteiger partial charge in [-0.1, -0.05) is 48.9 Å². The smallest absolute Gasteiger partial charge is 0.243 e. The lowest BCUT2D eigenvalue weighted by molar-refractivity contribution is -0.122. The third kappa shape index (κ3) is 5.97. The summed E-state index contributed by atoms with van der Waals surface area (Å²) in [6.45, 7) is 4.15. The van der Waals surface area contributed by atoms with Gasteiger partial charge in [-0.25, -0.2) is 8.42 Å². The van der Waals surface area contributed by atoms with Crippen molar-refractivity contribution in [3.63, 3.8) is 0 Å². The Morgan fingerprint density at radius 2 is 1.89 bits per heavy atom. The molecule has 152 valence electrons. The first-order valence-corrected chi connectivity index (χ1v) is 11.5. The molecular weight excluding hydrogens is 396 g/mol. The molecule has 0 fully saturated rings. The molecule has 0 aliphatic rings. The van der Waals surface area contributed by atoms with Gasteiger partial charge in [-0.15, -0.1) is 0 Å². The van der Waals surface area contributed by atoms with E-state index in [1.165, 1.54) is 4.31 Å². The zero-order valence-electron chi connectivity index (χ0n) is 16.5. The lowest BCUT2D eigenvalue weighted by Crippen LogP contribution is -2.49. The van der Waals surface area contributed by atoms with E-state index < -0.39 is 16.1 Å². The summed E-state index contributed by atoms with van der Waals surface area (Å²) in [4.78, 5) is 12.8. The van der Waals surface area contributed by atoms with Crippen LogP contribution in [0.1, 0.15) is 30.9 Å². The van der Waals surface area contributed by atoms with Crippen LogP contribution in [0.4, 0.5) is 5.69 Å². The van der Waals surface area contributed by atoms with Crippen molar-refractivity contribution in [1.29, 1.82) is 0 Å². The van der Waals surface area contributed by atoms with E-state index >= 15 is 0 Å². The second kappa shape index (κ2) is 9.94. The van der Waals surface area contributed by atoms with Gasteiger partial charge in [0.2, 0.25) is 15.9 Å². The topological polar surface area (TPSA) is 66.5 Å². The van der Waals surface area contributed by atoms with E-state index in [9.17, 15) is 13.2 Å². The summed E-state index contributed by atoms with van der Waals surface area (Å²) in [6, 6.07) is 14.0. The Balaban J connectivity index is 2.06.